The smallest absolute Gasteiger partial charge is 0.257 e. The van der Waals surface area contributed by atoms with E-state index in [0.717, 1.165) is 11.3 Å². The topological polar surface area (TPSA) is 120 Å². The molecule has 10 heteroatoms. The molecule has 0 unspecified atom stereocenters. The molecule has 190 valence electrons. The molecule has 0 saturated heterocycles. The van der Waals surface area contributed by atoms with Crippen LogP contribution in [-0.2, 0) is 21.2 Å². The molecule has 3 N–H and O–H groups in total. The molecule has 0 radical (unpaired) electrons. The van der Waals surface area contributed by atoms with E-state index >= 15 is 0 Å². The second-order valence-electron chi connectivity index (χ2n) is 8.69. The summed E-state index contributed by atoms with van der Waals surface area (Å²) in [5.41, 5.74) is 1.42. The van der Waals surface area contributed by atoms with Crippen LogP contribution in [0.1, 0.15) is 19.4 Å². The van der Waals surface area contributed by atoms with Crippen molar-refractivity contribution in [2.75, 3.05) is 20.6 Å². The molecule has 1 amide bonds. The number of amidine groups is 1. The fraction of sp³-hybridized carbons (Fsp3) is 0.269. The van der Waals surface area contributed by atoms with Crippen LogP contribution >= 0.6 is 0 Å². The third kappa shape index (κ3) is 6.19. The number of hydrogen-bond donors (Lipinski definition) is 3. The van der Waals surface area contributed by atoms with Gasteiger partial charge in [-0.2, -0.15) is 5.10 Å². The Labute approximate surface area is 212 Å². The number of sulfone groups is 1. The van der Waals surface area contributed by atoms with Crippen LogP contribution < -0.4 is 10.6 Å². The molecule has 0 aliphatic heterocycles. The molecule has 3 rings (SSSR count). The van der Waals surface area contributed by atoms with Gasteiger partial charge in [-0.15, -0.1) is 0 Å². The van der Waals surface area contributed by atoms with Gasteiger partial charge in [-0.3, -0.25) is 10.2 Å². The van der Waals surface area contributed by atoms with Crippen LogP contribution in [0.2, 0.25) is 0 Å². The van der Waals surface area contributed by atoms with Crippen LogP contribution in [0.15, 0.2) is 88.6 Å². The number of carbonyl (C=O) groups is 1. The lowest BCUT2D eigenvalue weighted by molar-refractivity contribution is -0.116. The first-order valence-electron chi connectivity index (χ1n) is 11.5. The first kappa shape index (κ1) is 26.7. The summed E-state index contributed by atoms with van der Waals surface area (Å²) in [4.78, 5) is 14.6. The normalized spacial score (nSPS) is 12.1. The van der Waals surface area contributed by atoms with E-state index in [1.165, 1.54) is 19.2 Å². The molecule has 0 atom stereocenters. The number of amides is 1. The Kier molecular flexibility index (Phi) is 8.65. The predicted octanol–water partition coefficient (Wildman–Crippen LogP) is 2.96. The third-order valence-electron chi connectivity index (χ3n) is 5.42. The van der Waals surface area contributed by atoms with Crippen LogP contribution in [0.3, 0.4) is 0 Å². The maximum absolute atomic E-state index is 13.7. The highest BCUT2D eigenvalue weighted by Crippen LogP contribution is 2.23. The Bertz CT molecular complexity index is 1320. The van der Waals surface area contributed by atoms with Crippen molar-refractivity contribution in [2.24, 2.45) is 5.92 Å². The van der Waals surface area contributed by atoms with Crippen LogP contribution in [-0.4, -0.2) is 55.5 Å². The van der Waals surface area contributed by atoms with Gasteiger partial charge < -0.3 is 15.5 Å². The van der Waals surface area contributed by atoms with Crippen LogP contribution in [0, 0.1) is 11.3 Å². The Morgan fingerprint density at radius 2 is 1.75 bits per heavy atom. The zero-order valence-corrected chi connectivity index (χ0v) is 21.7. The SMILES string of the molecule is CNC(=O)/C(C(=N)N(C)CC(C)C)=C(/NCc1ccc(-n2cccn2)cc1)S(=O)(=O)c1ccccc1. The number of hydrogen-bond acceptors (Lipinski definition) is 6. The maximum Gasteiger partial charge on any atom is 0.257 e. The number of nitrogens with zero attached hydrogens (tertiary/aromatic N) is 3. The molecule has 1 aromatic heterocycles. The van der Waals surface area contributed by atoms with Crippen LogP contribution in [0.25, 0.3) is 5.69 Å². The van der Waals surface area contributed by atoms with Gasteiger partial charge in [0.1, 0.15) is 16.4 Å². The highest BCUT2D eigenvalue weighted by atomic mass is 32.2. The average Bonchev–Trinajstić information content (AvgIpc) is 3.41. The maximum atomic E-state index is 13.7. The van der Waals surface area contributed by atoms with E-state index in [-0.39, 0.29) is 33.8 Å². The number of aromatic nitrogens is 2. The van der Waals surface area contributed by atoms with Crippen molar-refractivity contribution in [1.82, 2.24) is 25.3 Å². The van der Waals surface area contributed by atoms with Crippen molar-refractivity contribution in [3.63, 3.8) is 0 Å². The molecule has 1 heterocycles. The minimum atomic E-state index is -4.15. The zero-order chi connectivity index (χ0) is 26.3. The largest absolute Gasteiger partial charge is 0.371 e. The van der Waals surface area contributed by atoms with Gasteiger partial charge in [0, 0.05) is 39.6 Å². The van der Waals surface area contributed by atoms with Gasteiger partial charge in [-0.25, -0.2) is 13.1 Å². The molecule has 2 aromatic carbocycles. The lowest BCUT2D eigenvalue weighted by Gasteiger charge is -2.25. The predicted molar refractivity (Wildman–Crippen MR) is 140 cm³/mol. The fourth-order valence-corrected chi connectivity index (χ4v) is 5.15. The van der Waals surface area contributed by atoms with E-state index in [1.807, 2.05) is 50.4 Å². The second-order valence-corrected chi connectivity index (χ2v) is 10.6. The van der Waals surface area contributed by atoms with Gasteiger partial charge in [-0.1, -0.05) is 44.2 Å². The lowest BCUT2D eigenvalue weighted by Crippen LogP contribution is -2.40. The van der Waals surface area contributed by atoms with Gasteiger partial charge in [0.2, 0.25) is 9.84 Å². The standard InChI is InChI=1S/C26H32N6O3S/c1-19(2)18-31(4)24(27)23(25(33)28-3)26(36(34,35)22-9-6-5-7-10-22)29-17-20-11-13-21(14-12-20)32-16-8-15-30-32/h5-16,19,27,29H,17-18H2,1-4H3,(H,28,33)/b26-23-,27-24?. The summed E-state index contributed by atoms with van der Waals surface area (Å²) in [5, 5.41) is 18.1. The molecule has 9 nitrogen and oxygen atoms in total. The molecule has 0 saturated carbocycles. The Balaban J connectivity index is 2.05. The Hall–Kier alpha value is -3.92. The molecule has 0 bridgehead atoms. The van der Waals surface area contributed by atoms with Gasteiger partial charge in [-0.05, 0) is 41.8 Å². The average molecular weight is 509 g/mol. The Morgan fingerprint density at radius 3 is 2.31 bits per heavy atom. The number of likely N-dealkylation sites (N-methyl/N-ethyl adjacent to an activating group) is 2. The van der Waals surface area contributed by atoms with Gasteiger partial charge in [0.25, 0.3) is 5.91 Å². The van der Waals surface area contributed by atoms with E-state index in [9.17, 15) is 13.2 Å². The molecular weight excluding hydrogens is 476 g/mol. The second kappa shape index (κ2) is 11.7. The van der Waals surface area contributed by atoms with Crippen LogP contribution in [0.4, 0.5) is 0 Å². The number of rotatable bonds is 10. The summed E-state index contributed by atoms with van der Waals surface area (Å²) in [7, 11) is -1.06. The third-order valence-corrected chi connectivity index (χ3v) is 7.20. The fourth-order valence-electron chi connectivity index (χ4n) is 3.68. The summed E-state index contributed by atoms with van der Waals surface area (Å²) in [6, 6.07) is 17.2. The zero-order valence-electron chi connectivity index (χ0n) is 20.9. The lowest BCUT2D eigenvalue weighted by atomic mass is 10.1. The van der Waals surface area contributed by atoms with Crippen molar-refractivity contribution in [2.45, 2.75) is 25.3 Å². The first-order chi connectivity index (χ1) is 17.1. The number of benzene rings is 2. The summed E-state index contributed by atoms with van der Waals surface area (Å²) in [6.45, 7) is 4.58. The minimum absolute atomic E-state index is 0.0299. The molecule has 0 aliphatic rings. The van der Waals surface area contributed by atoms with Gasteiger partial charge in [0.15, 0.2) is 0 Å². The summed E-state index contributed by atoms with van der Waals surface area (Å²) >= 11 is 0. The quantitative estimate of drug-likeness (QED) is 0.220. The van der Waals surface area contributed by atoms with E-state index in [4.69, 9.17) is 5.41 Å². The monoisotopic (exact) mass is 508 g/mol. The molecule has 0 aliphatic carbocycles. The van der Waals surface area contributed by atoms with Crippen LogP contribution in [0.5, 0.6) is 0 Å². The van der Waals surface area contributed by atoms with E-state index in [2.05, 4.69) is 15.7 Å². The van der Waals surface area contributed by atoms with Crippen molar-refractivity contribution in [3.8, 4) is 5.69 Å². The van der Waals surface area contributed by atoms with Crippen molar-refractivity contribution >= 4 is 21.6 Å². The molecular formula is C26H32N6O3S. The summed E-state index contributed by atoms with van der Waals surface area (Å²) in [5.74, 6) is -0.637. The van der Waals surface area contributed by atoms with E-state index in [1.54, 1.807) is 41.0 Å². The molecule has 0 spiro atoms. The number of nitrogens with one attached hydrogen (secondary N) is 3. The van der Waals surface area contributed by atoms with Crippen molar-refractivity contribution in [1.29, 1.82) is 5.41 Å². The highest BCUT2D eigenvalue weighted by molar-refractivity contribution is 7.95. The minimum Gasteiger partial charge on any atom is -0.371 e. The van der Waals surface area contributed by atoms with Gasteiger partial charge >= 0.3 is 0 Å². The van der Waals surface area contributed by atoms with E-state index < -0.39 is 15.7 Å². The molecule has 0 fully saturated rings. The number of carbonyl (C=O) groups excluding carboxylic acids is 1. The van der Waals surface area contributed by atoms with E-state index in [0.29, 0.717) is 6.54 Å². The molecule has 3 aromatic rings. The highest BCUT2D eigenvalue weighted by Gasteiger charge is 2.31. The summed E-state index contributed by atoms with van der Waals surface area (Å²) < 4.78 is 29.2. The van der Waals surface area contributed by atoms with Gasteiger partial charge in [0.05, 0.1) is 10.6 Å². The molecule has 36 heavy (non-hydrogen) atoms. The Morgan fingerprint density at radius 1 is 1.08 bits per heavy atom. The first-order valence-corrected chi connectivity index (χ1v) is 13.0. The summed E-state index contributed by atoms with van der Waals surface area (Å²) in [6.07, 6.45) is 3.52. The van der Waals surface area contributed by atoms with Crippen molar-refractivity contribution < 1.29 is 13.2 Å². The van der Waals surface area contributed by atoms with Crippen molar-refractivity contribution in [3.05, 3.63) is 89.2 Å².